The summed E-state index contributed by atoms with van der Waals surface area (Å²) in [4.78, 5) is 18.0. The van der Waals surface area contributed by atoms with Crippen LogP contribution in [-0.2, 0) is 17.8 Å². The Labute approximate surface area is 250 Å². The number of aromatic nitrogens is 1. The Morgan fingerprint density at radius 1 is 1.15 bits per heavy atom. The molecule has 8 nitrogen and oxygen atoms in total. The van der Waals surface area contributed by atoms with Gasteiger partial charge in [-0.25, -0.2) is 5.48 Å². The molecule has 1 saturated carbocycles. The molecular weight excluding hydrogens is 536 g/mol. The van der Waals surface area contributed by atoms with Crippen LogP contribution in [0, 0.1) is 11.8 Å². The van der Waals surface area contributed by atoms with Crippen molar-refractivity contribution in [3.63, 3.8) is 0 Å². The van der Waals surface area contributed by atoms with Crippen molar-refractivity contribution in [2.24, 2.45) is 11.8 Å². The first-order valence-corrected chi connectivity index (χ1v) is 16.7. The second-order valence-corrected chi connectivity index (χ2v) is 13.2. The number of hydrogen-bond donors (Lipinski definition) is 4. The maximum absolute atomic E-state index is 10.8. The summed E-state index contributed by atoms with van der Waals surface area (Å²) in [6.45, 7) is 5.61. The van der Waals surface area contributed by atoms with Gasteiger partial charge in [0.15, 0.2) is 0 Å². The third kappa shape index (κ3) is 9.82. The predicted octanol–water partition coefficient (Wildman–Crippen LogP) is 4.94. The summed E-state index contributed by atoms with van der Waals surface area (Å²) >= 11 is 2.22. The molecule has 3 fully saturated rings. The molecule has 0 spiro atoms. The number of benzene rings is 1. The van der Waals surface area contributed by atoms with Gasteiger partial charge in [-0.2, -0.15) is 11.8 Å². The number of aryl methyl sites for hydroxylation is 1. The average Bonchev–Trinajstić information content (AvgIpc) is 3.55. The second kappa shape index (κ2) is 17.3. The number of pyridine rings is 1. The molecule has 1 aromatic heterocycles. The molecule has 0 atom stereocenters. The summed E-state index contributed by atoms with van der Waals surface area (Å²) in [5.74, 6) is 2.77. The molecule has 2 aliphatic heterocycles. The van der Waals surface area contributed by atoms with Gasteiger partial charge in [-0.15, -0.1) is 0 Å². The van der Waals surface area contributed by atoms with E-state index in [0.717, 1.165) is 65.7 Å². The number of likely N-dealkylation sites (tertiary alicyclic amines) is 1. The van der Waals surface area contributed by atoms with Crippen LogP contribution < -0.4 is 15.5 Å². The number of nitrogens with one attached hydrogen (secondary N) is 2. The number of amides is 1. The Morgan fingerprint density at radius 2 is 1.90 bits per heavy atom. The molecule has 2 saturated heterocycles. The number of ether oxygens (including phenoxy) is 1. The van der Waals surface area contributed by atoms with Gasteiger partial charge in [-0.3, -0.25) is 15.0 Å². The molecule has 3 aliphatic rings. The number of aliphatic hydroxyl groups is 1. The Kier molecular flexibility index (Phi) is 13.5. The minimum absolute atomic E-state index is 0.00579. The maximum atomic E-state index is 10.8. The number of nitrogens with zero attached hydrogens (tertiary/aromatic N) is 2. The molecule has 1 amide bonds. The van der Waals surface area contributed by atoms with Crippen LogP contribution >= 0.6 is 11.8 Å². The molecule has 2 aromatic rings. The van der Waals surface area contributed by atoms with Crippen LogP contribution in [-0.4, -0.2) is 76.9 Å². The fourth-order valence-electron chi connectivity index (χ4n) is 6.47. The lowest BCUT2D eigenvalue weighted by atomic mass is 9.89. The largest absolute Gasteiger partial charge is 0.497 e. The Balaban J connectivity index is 0.000000328. The molecule has 0 unspecified atom stereocenters. The molecular formula is C32H50N4O4S. The normalized spacial score (nSPS) is 19.2. The van der Waals surface area contributed by atoms with Gasteiger partial charge in [0.25, 0.3) is 0 Å². The van der Waals surface area contributed by atoms with Gasteiger partial charge in [0.05, 0.1) is 19.2 Å². The van der Waals surface area contributed by atoms with Crippen molar-refractivity contribution in [2.75, 3.05) is 45.6 Å². The van der Waals surface area contributed by atoms with E-state index >= 15 is 0 Å². The minimum Gasteiger partial charge on any atom is -0.497 e. The molecule has 9 heteroatoms. The summed E-state index contributed by atoms with van der Waals surface area (Å²) in [6, 6.07) is 6.04. The maximum Gasteiger partial charge on any atom is 0.246 e. The van der Waals surface area contributed by atoms with Gasteiger partial charge >= 0.3 is 0 Å². The highest BCUT2D eigenvalue weighted by molar-refractivity contribution is 7.99. The van der Waals surface area contributed by atoms with E-state index in [0.29, 0.717) is 0 Å². The predicted molar refractivity (Wildman–Crippen MR) is 167 cm³/mol. The topological polar surface area (TPSA) is 107 Å². The smallest absolute Gasteiger partial charge is 0.246 e. The first kappa shape index (κ1) is 32.0. The van der Waals surface area contributed by atoms with Crippen molar-refractivity contribution in [1.82, 2.24) is 20.7 Å². The molecule has 1 aromatic carbocycles. The number of methoxy groups -OCH3 is 1. The van der Waals surface area contributed by atoms with Crippen LogP contribution in [0.5, 0.6) is 5.75 Å². The lowest BCUT2D eigenvalue weighted by Gasteiger charge is -2.32. The first-order chi connectivity index (χ1) is 20.1. The SMILES string of the molecule is COc1ccc2ncc(CO)c(CCCC3CCN(CCSC4CCCC4)CC3)c2c1.O=C(NO)C1CCNCC1. The van der Waals surface area contributed by atoms with Gasteiger partial charge in [-0.05, 0) is 113 Å². The van der Waals surface area contributed by atoms with Crippen molar-refractivity contribution in [1.29, 1.82) is 0 Å². The van der Waals surface area contributed by atoms with Crippen LogP contribution in [0.3, 0.4) is 0 Å². The Hall–Kier alpha value is -1.91. The van der Waals surface area contributed by atoms with Gasteiger partial charge in [0.2, 0.25) is 5.91 Å². The van der Waals surface area contributed by atoms with E-state index in [9.17, 15) is 9.90 Å². The number of hydroxylamine groups is 1. The molecule has 0 bridgehead atoms. The van der Waals surface area contributed by atoms with E-state index < -0.39 is 0 Å². The first-order valence-electron chi connectivity index (χ1n) is 15.6. The summed E-state index contributed by atoms with van der Waals surface area (Å²) < 4.78 is 5.42. The number of rotatable bonds is 11. The number of carbonyl (C=O) groups excluding carboxylic acids is 1. The van der Waals surface area contributed by atoms with E-state index in [2.05, 4.69) is 33.0 Å². The molecule has 4 N–H and O–H groups in total. The molecule has 5 rings (SSSR count). The van der Waals surface area contributed by atoms with Crippen LogP contribution in [0.1, 0.15) is 75.3 Å². The van der Waals surface area contributed by atoms with Crippen molar-refractivity contribution < 1.29 is 19.8 Å². The number of carbonyl (C=O) groups is 1. The van der Waals surface area contributed by atoms with E-state index in [1.54, 1.807) is 12.6 Å². The minimum atomic E-state index is -0.249. The van der Waals surface area contributed by atoms with Gasteiger partial charge in [0, 0.05) is 35.0 Å². The molecule has 3 heterocycles. The van der Waals surface area contributed by atoms with E-state index in [4.69, 9.17) is 9.94 Å². The fourth-order valence-corrected chi connectivity index (χ4v) is 7.83. The number of hydrogen-bond acceptors (Lipinski definition) is 8. The number of fused-ring (bicyclic) bond motifs is 1. The van der Waals surface area contributed by atoms with Crippen molar-refractivity contribution in [3.8, 4) is 5.75 Å². The molecule has 1 aliphatic carbocycles. The number of piperidine rings is 2. The summed E-state index contributed by atoms with van der Waals surface area (Å²) in [5, 5.41) is 23.3. The van der Waals surface area contributed by atoms with E-state index in [-0.39, 0.29) is 18.4 Å². The average molecular weight is 587 g/mol. The number of aliphatic hydroxyl groups excluding tert-OH is 1. The monoisotopic (exact) mass is 586 g/mol. The highest BCUT2D eigenvalue weighted by atomic mass is 32.2. The van der Waals surface area contributed by atoms with Crippen LogP contribution in [0.4, 0.5) is 0 Å². The third-order valence-electron chi connectivity index (χ3n) is 9.08. The van der Waals surface area contributed by atoms with E-state index in [1.807, 2.05) is 18.3 Å². The molecule has 228 valence electrons. The zero-order valence-electron chi connectivity index (χ0n) is 24.8. The Bertz CT molecular complexity index is 1060. The van der Waals surface area contributed by atoms with Crippen molar-refractivity contribution in [3.05, 3.63) is 35.5 Å². The van der Waals surface area contributed by atoms with Gasteiger partial charge in [0.1, 0.15) is 5.75 Å². The molecule has 41 heavy (non-hydrogen) atoms. The standard InChI is InChI=1S/C26H38N2O2S.C6H12N2O2/c1-30-22-9-10-26-25(17-22)24(21(19-29)18-27-26)8-4-5-20-11-13-28(14-12-20)15-16-31-23-6-2-3-7-23;9-6(8-10)5-1-3-7-4-2-5/h9-10,17-18,20,23,29H,2-8,11-16,19H2,1H3;5,7,10H,1-4H2,(H,8,9). The van der Waals surface area contributed by atoms with Crippen LogP contribution in [0.25, 0.3) is 10.9 Å². The van der Waals surface area contributed by atoms with Gasteiger partial charge in [-0.1, -0.05) is 19.3 Å². The summed E-state index contributed by atoms with van der Waals surface area (Å²) in [6.07, 6.45) is 15.4. The fraction of sp³-hybridized carbons (Fsp3) is 0.688. The highest BCUT2D eigenvalue weighted by Crippen LogP contribution is 2.31. The number of thioether (sulfide) groups is 1. The van der Waals surface area contributed by atoms with Crippen molar-refractivity contribution in [2.45, 2.75) is 82.5 Å². The lowest BCUT2D eigenvalue weighted by Crippen LogP contribution is -2.36. The third-order valence-corrected chi connectivity index (χ3v) is 10.4. The zero-order chi connectivity index (χ0) is 28.9. The summed E-state index contributed by atoms with van der Waals surface area (Å²) in [5.41, 5.74) is 4.85. The Morgan fingerprint density at radius 3 is 2.59 bits per heavy atom. The van der Waals surface area contributed by atoms with Crippen LogP contribution in [0.15, 0.2) is 24.4 Å². The molecule has 0 radical (unpaired) electrons. The van der Waals surface area contributed by atoms with Crippen LogP contribution in [0.2, 0.25) is 0 Å². The quantitative estimate of drug-likeness (QED) is 0.217. The summed E-state index contributed by atoms with van der Waals surface area (Å²) in [7, 11) is 1.70. The second-order valence-electron chi connectivity index (χ2n) is 11.8. The highest BCUT2D eigenvalue weighted by Gasteiger charge is 2.21. The lowest BCUT2D eigenvalue weighted by molar-refractivity contribution is -0.134. The van der Waals surface area contributed by atoms with Gasteiger partial charge < -0.3 is 20.1 Å². The van der Waals surface area contributed by atoms with E-state index in [1.165, 1.54) is 82.3 Å². The zero-order valence-corrected chi connectivity index (χ0v) is 25.6. The van der Waals surface area contributed by atoms with Crippen molar-refractivity contribution >= 4 is 28.6 Å².